The summed E-state index contributed by atoms with van der Waals surface area (Å²) in [6, 6.07) is 0. The first-order chi connectivity index (χ1) is 9.61. The van der Waals surface area contributed by atoms with Crippen molar-refractivity contribution in [3.05, 3.63) is 16.6 Å². The Bertz CT molecular complexity index is 510. The molecule has 1 spiro atoms. The largest absolute Gasteiger partial charge is 0.481 e. The van der Waals surface area contributed by atoms with E-state index < -0.39 is 17.3 Å². The summed E-state index contributed by atoms with van der Waals surface area (Å²) in [5.41, 5.74) is 2.04. The molecule has 2 saturated heterocycles. The lowest BCUT2D eigenvalue weighted by atomic mass is 9.77. The highest BCUT2D eigenvalue weighted by Gasteiger charge is 2.53. The van der Waals surface area contributed by atoms with Crippen molar-refractivity contribution in [2.45, 2.75) is 12.8 Å². The number of ether oxygens (including phenoxy) is 1. The van der Waals surface area contributed by atoms with Gasteiger partial charge in [0.1, 0.15) is 0 Å². The van der Waals surface area contributed by atoms with Crippen molar-refractivity contribution < 1.29 is 19.4 Å². The van der Waals surface area contributed by atoms with Gasteiger partial charge in [-0.15, -0.1) is 11.3 Å². The predicted octanol–water partition coefficient (Wildman–Crippen LogP) is 0.635. The third-order valence-electron chi connectivity index (χ3n) is 4.25. The molecule has 1 N–H and O–H groups in total. The Morgan fingerprint density at radius 3 is 3.05 bits per heavy atom. The summed E-state index contributed by atoms with van der Waals surface area (Å²) in [7, 11) is 0. The molecule has 1 amide bonds. The zero-order valence-electron chi connectivity index (χ0n) is 10.9. The summed E-state index contributed by atoms with van der Waals surface area (Å²) in [4.78, 5) is 29.5. The first kappa shape index (κ1) is 13.5. The molecule has 3 heterocycles. The van der Waals surface area contributed by atoms with Gasteiger partial charge in [-0.25, -0.2) is 4.98 Å². The molecule has 1 aromatic heterocycles. The molecule has 2 aliphatic heterocycles. The highest BCUT2D eigenvalue weighted by Crippen LogP contribution is 2.43. The minimum atomic E-state index is -0.834. The zero-order valence-corrected chi connectivity index (χ0v) is 11.8. The summed E-state index contributed by atoms with van der Waals surface area (Å²) in [5, 5.41) is 11.2. The van der Waals surface area contributed by atoms with E-state index in [0.717, 1.165) is 5.69 Å². The lowest BCUT2D eigenvalue weighted by Crippen LogP contribution is -2.35. The number of hydrogen-bond donors (Lipinski definition) is 1. The molecule has 20 heavy (non-hydrogen) atoms. The highest BCUT2D eigenvalue weighted by molar-refractivity contribution is 7.07. The zero-order chi connectivity index (χ0) is 14.2. The number of carboxylic acids is 1. The van der Waals surface area contributed by atoms with Crippen molar-refractivity contribution in [1.82, 2.24) is 9.88 Å². The lowest BCUT2D eigenvalue weighted by Gasteiger charge is -2.25. The topological polar surface area (TPSA) is 79.7 Å². The van der Waals surface area contributed by atoms with E-state index in [0.29, 0.717) is 26.2 Å². The van der Waals surface area contributed by atoms with E-state index in [9.17, 15) is 14.7 Å². The van der Waals surface area contributed by atoms with Crippen LogP contribution >= 0.6 is 11.3 Å². The maximum atomic E-state index is 12.3. The van der Waals surface area contributed by atoms with E-state index in [-0.39, 0.29) is 18.9 Å². The quantitative estimate of drug-likeness (QED) is 0.885. The fraction of sp³-hybridized carbons (Fsp3) is 0.615. The van der Waals surface area contributed by atoms with E-state index in [1.165, 1.54) is 11.3 Å². The lowest BCUT2D eigenvalue weighted by molar-refractivity contribution is -0.144. The molecule has 2 atom stereocenters. The van der Waals surface area contributed by atoms with Crippen LogP contribution in [0.2, 0.25) is 0 Å². The van der Waals surface area contributed by atoms with Crippen LogP contribution in [0.15, 0.2) is 10.9 Å². The second kappa shape index (κ2) is 5.14. The van der Waals surface area contributed by atoms with Gasteiger partial charge in [-0.1, -0.05) is 0 Å². The Morgan fingerprint density at radius 1 is 1.60 bits per heavy atom. The molecule has 2 unspecified atom stereocenters. The van der Waals surface area contributed by atoms with Crippen LogP contribution in [0, 0.1) is 11.3 Å². The van der Waals surface area contributed by atoms with E-state index in [1.807, 2.05) is 5.38 Å². The number of rotatable bonds is 3. The summed E-state index contributed by atoms with van der Waals surface area (Å²) < 4.78 is 5.38. The van der Waals surface area contributed by atoms with Crippen molar-refractivity contribution in [1.29, 1.82) is 0 Å². The van der Waals surface area contributed by atoms with Crippen LogP contribution in [0.4, 0.5) is 0 Å². The Morgan fingerprint density at radius 2 is 2.45 bits per heavy atom. The fourth-order valence-corrected chi connectivity index (χ4v) is 3.67. The number of aliphatic carboxylic acids is 1. The number of aromatic nitrogens is 1. The molecule has 0 radical (unpaired) electrons. The van der Waals surface area contributed by atoms with E-state index >= 15 is 0 Å². The van der Waals surface area contributed by atoms with Crippen molar-refractivity contribution in [3.8, 4) is 0 Å². The Hall–Kier alpha value is -1.47. The number of carboxylic acid groups (broad SMARTS) is 1. The minimum Gasteiger partial charge on any atom is -0.481 e. The molecular formula is C13H16N2O4S. The average molecular weight is 296 g/mol. The third kappa shape index (κ3) is 2.31. The number of nitrogens with zero attached hydrogens (tertiary/aromatic N) is 2. The van der Waals surface area contributed by atoms with Crippen LogP contribution < -0.4 is 0 Å². The second-order valence-corrected chi connectivity index (χ2v) is 6.21. The van der Waals surface area contributed by atoms with Crippen molar-refractivity contribution in [2.75, 3.05) is 26.3 Å². The normalized spacial score (nSPS) is 29.2. The minimum absolute atomic E-state index is 0.0501. The smallest absolute Gasteiger partial charge is 0.309 e. The van der Waals surface area contributed by atoms with Gasteiger partial charge in [0.05, 0.1) is 30.2 Å². The number of likely N-dealkylation sites (tertiary alicyclic amines) is 1. The summed E-state index contributed by atoms with van der Waals surface area (Å²) in [6.45, 7) is 1.77. The van der Waals surface area contributed by atoms with Crippen LogP contribution in [0.25, 0.3) is 0 Å². The number of hydrogen-bond acceptors (Lipinski definition) is 5. The van der Waals surface area contributed by atoms with Gasteiger partial charge in [0.2, 0.25) is 5.91 Å². The molecule has 0 aromatic carbocycles. The molecular weight excluding hydrogens is 280 g/mol. The molecule has 7 heteroatoms. The molecule has 1 aromatic rings. The van der Waals surface area contributed by atoms with Crippen LogP contribution in [0.1, 0.15) is 12.1 Å². The molecule has 6 nitrogen and oxygen atoms in total. The fourth-order valence-electron chi connectivity index (χ4n) is 3.11. The van der Waals surface area contributed by atoms with E-state index in [1.54, 1.807) is 10.4 Å². The molecule has 0 saturated carbocycles. The van der Waals surface area contributed by atoms with Gasteiger partial charge >= 0.3 is 5.97 Å². The Balaban J connectivity index is 1.73. The van der Waals surface area contributed by atoms with Crippen LogP contribution in [0.3, 0.4) is 0 Å². The van der Waals surface area contributed by atoms with Crippen LogP contribution in [-0.4, -0.2) is 53.2 Å². The van der Waals surface area contributed by atoms with Gasteiger partial charge in [-0.2, -0.15) is 0 Å². The SMILES string of the molecule is O=C(O)C1CN(C(=O)Cc2cscn2)CC12CCOC2. The van der Waals surface area contributed by atoms with Crippen LogP contribution in [0.5, 0.6) is 0 Å². The Kier molecular flexibility index (Phi) is 3.47. The first-order valence-corrected chi connectivity index (χ1v) is 7.50. The number of thiazole rings is 1. The third-order valence-corrected chi connectivity index (χ3v) is 4.88. The number of amides is 1. The monoisotopic (exact) mass is 296 g/mol. The van der Waals surface area contributed by atoms with Crippen LogP contribution in [-0.2, 0) is 20.7 Å². The standard InChI is InChI=1S/C13H16N2O4S/c16-11(3-9-5-20-8-14-9)15-4-10(12(17)18)13(6-15)1-2-19-7-13/h5,8,10H,1-4,6-7H2,(H,17,18). The maximum Gasteiger partial charge on any atom is 0.309 e. The number of carbonyl (C=O) groups is 2. The second-order valence-electron chi connectivity index (χ2n) is 5.49. The molecule has 2 fully saturated rings. The summed E-state index contributed by atoms with van der Waals surface area (Å²) >= 11 is 1.45. The van der Waals surface area contributed by atoms with Crippen molar-refractivity contribution in [2.24, 2.45) is 11.3 Å². The average Bonchev–Trinajstić information content (AvgIpc) is 3.12. The molecule has 0 bridgehead atoms. The molecule has 2 aliphatic rings. The molecule has 0 aliphatic carbocycles. The van der Waals surface area contributed by atoms with Crippen molar-refractivity contribution in [3.63, 3.8) is 0 Å². The maximum absolute atomic E-state index is 12.3. The predicted molar refractivity (Wildman–Crippen MR) is 71.4 cm³/mol. The van der Waals surface area contributed by atoms with Gasteiger partial charge in [-0.3, -0.25) is 9.59 Å². The highest BCUT2D eigenvalue weighted by atomic mass is 32.1. The van der Waals surface area contributed by atoms with Crippen molar-refractivity contribution >= 4 is 23.2 Å². The van der Waals surface area contributed by atoms with Gasteiger partial charge in [-0.05, 0) is 6.42 Å². The molecule has 3 rings (SSSR count). The number of carbonyl (C=O) groups excluding carboxylic acids is 1. The van der Waals surface area contributed by atoms with Gasteiger partial charge < -0.3 is 14.7 Å². The van der Waals surface area contributed by atoms with Gasteiger partial charge in [0.15, 0.2) is 0 Å². The summed E-state index contributed by atoms with van der Waals surface area (Å²) in [5.74, 6) is -1.41. The van der Waals surface area contributed by atoms with Gasteiger partial charge in [0, 0.05) is 30.5 Å². The van der Waals surface area contributed by atoms with E-state index in [4.69, 9.17) is 4.74 Å². The van der Waals surface area contributed by atoms with Gasteiger partial charge in [0.25, 0.3) is 0 Å². The summed E-state index contributed by atoms with van der Waals surface area (Å²) in [6.07, 6.45) is 0.956. The van der Waals surface area contributed by atoms with E-state index in [2.05, 4.69) is 4.98 Å². The Labute approximate surface area is 120 Å². The first-order valence-electron chi connectivity index (χ1n) is 6.56. The molecule has 108 valence electrons.